The first-order chi connectivity index (χ1) is 4.63. The molecular weight excluding hydrogens is 136 g/mol. The molecule has 56 valence electrons. The number of carboxylic acids is 1. The van der Waals surface area contributed by atoms with E-state index in [1.54, 1.807) is 6.92 Å². The number of aliphatic carboxylic acids is 1. The first kappa shape index (κ1) is 7.05. The Morgan fingerprint density at radius 2 is 2.40 bits per heavy atom. The molecule has 0 aromatic rings. The quantitative estimate of drug-likeness (QED) is 0.521. The monoisotopic (exact) mass is 144 g/mol. The molecule has 1 saturated heterocycles. The average Bonchev–Trinajstić information content (AvgIpc) is 2.14. The summed E-state index contributed by atoms with van der Waals surface area (Å²) >= 11 is 0. The molecule has 0 aromatic heterocycles. The zero-order valence-electron chi connectivity index (χ0n) is 5.53. The summed E-state index contributed by atoms with van der Waals surface area (Å²) in [5, 5.41) is 8.47. The highest BCUT2D eigenvalue weighted by molar-refractivity contribution is 5.83. The van der Waals surface area contributed by atoms with E-state index in [9.17, 15) is 9.59 Å². The first-order valence-electron chi connectivity index (χ1n) is 3.02. The van der Waals surface area contributed by atoms with E-state index in [0.717, 1.165) is 0 Å². The molecule has 2 atom stereocenters. The molecule has 0 saturated carbocycles. The molecule has 0 amide bonds. The lowest BCUT2D eigenvalue weighted by atomic mass is 9.98. The Morgan fingerprint density at radius 3 is 2.60 bits per heavy atom. The fourth-order valence-corrected chi connectivity index (χ4v) is 0.897. The van der Waals surface area contributed by atoms with Gasteiger partial charge in [0.15, 0.2) is 0 Å². The minimum Gasteiger partial charge on any atom is -0.481 e. The van der Waals surface area contributed by atoms with Crippen LogP contribution in [0.2, 0.25) is 0 Å². The third-order valence-corrected chi connectivity index (χ3v) is 1.70. The van der Waals surface area contributed by atoms with Crippen LogP contribution < -0.4 is 0 Å². The highest BCUT2D eigenvalue weighted by Crippen LogP contribution is 2.20. The van der Waals surface area contributed by atoms with Crippen molar-refractivity contribution >= 4 is 11.9 Å². The van der Waals surface area contributed by atoms with E-state index >= 15 is 0 Å². The molecular formula is C6H8O4. The highest BCUT2D eigenvalue weighted by atomic mass is 16.5. The van der Waals surface area contributed by atoms with Crippen LogP contribution in [0.4, 0.5) is 0 Å². The van der Waals surface area contributed by atoms with E-state index < -0.39 is 23.8 Å². The van der Waals surface area contributed by atoms with Crippen LogP contribution in [0.15, 0.2) is 0 Å². The van der Waals surface area contributed by atoms with E-state index in [-0.39, 0.29) is 6.61 Å². The van der Waals surface area contributed by atoms with Gasteiger partial charge in [-0.15, -0.1) is 0 Å². The van der Waals surface area contributed by atoms with E-state index in [1.165, 1.54) is 0 Å². The van der Waals surface area contributed by atoms with Crippen LogP contribution >= 0.6 is 0 Å². The van der Waals surface area contributed by atoms with Gasteiger partial charge in [-0.05, 0) is 0 Å². The third-order valence-electron chi connectivity index (χ3n) is 1.70. The maximum Gasteiger partial charge on any atom is 0.310 e. The lowest BCUT2D eigenvalue weighted by molar-refractivity contribution is -0.144. The van der Waals surface area contributed by atoms with Gasteiger partial charge in [-0.1, -0.05) is 6.92 Å². The lowest BCUT2D eigenvalue weighted by Gasteiger charge is -2.01. The Kier molecular flexibility index (Phi) is 1.61. The number of ether oxygens (including phenoxy) is 1. The maximum absolute atomic E-state index is 10.6. The molecule has 4 heteroatoms. The molecule has 4 nitrogen and oxygen atoms in total. The number of cyclic esters (lactones) is 1. The Balaban J connectivity index is 2.66. The second kappa shape index (κ2) is 2.28. The Labute approximate surface area is 57.8 Å². The van der Waals surface area contributed by atoms with Gasteiger partial charge in [0, 0.05) is 0 Å². The van der Waals surface area contributed by atoms with Crippen molar-refractivity contribution in [2.75, 3.05) is 6.61 Å². The van der Waals surface area contributed by atoms with Gasteiger partial charge in [0.2, 0.25) is 0 Å². The molecule has 10 heavy (non-hydrogen) atoms. The van der Waals surface area contributed by atoms with E-state index in [2.05, 4.69) is 4.74 Å². The van der Waals surface area contributed by atoms with Crippen molar-refractivity contribution in [1.29, 1.82) is 0 Å². The molecule has 0 aromatic carbocycles. The first-order valence-corrected chi connectivity index (χ1v) is 3.02. The molecule has 1 aliphatic rings. The molecule has 1 rings (SSSR count). The van der Waals surface area contributed by atoms with Crippen molar-refractivity contribution in [3.8, 4) is 0 Å². The van der Waals surface area contributed by atoms with Crippen LogP contribution in [-0.4, -0.2) is 23.7 Å². The maximum atomic E-state index is 10.6. The van der Waals surface area contributed by atoms with Gasteiger partial charge in [-0.25, -0.2) is 0 Å². The Bertz CT molecular complexity index is 175. The van der Waals surface area contributed by atoms with Crippen molar-refractivity contribution in [2.45, 2.75) is 6.92 Å². The van der Waals surface area contributed by atoms with Crippen molar-refractivity contribution in [2.24, 2.45) is 11.8 Å². The van der Waals surface area contributed by atoms with Crippen molar-refractivity contribution in [3.05, 3.63) is 0 Å². The van der Waals surface area contributed by atoms with Gasteiger partial charge in [-0.2, -0.15) is 0 Å². The summed E-state index contributed by atoms with van der Waals surface area (Å²) in [5.74, 6) is -2.50. The second-order valence-electron chi connectivity index (χ2n) is 2.36. The molecule has 0 bridgehead atoms. The highest BCUT2D eigenvalue weighted by Gasteiger charge is 2.37. The van der Waals surface area contributed by atoms with Crippen LogP contribution in [0.25, 0.3) is 0 Å². The fourth-order valence-electron chi connectivity index (χ4n) is 0.897. The lowest BCUT2D eigenvalue weighted by Crippen LogP contribution is -2.20. The number of hydrogen-bond donors (Lipinski definition) is 1. The van der Waals surface area contributed by atoms with Gasteiger partial charge in [0.05, 0.1) is 5.92 Å². The topological polar surface area (TPSA) is 63.6 Å². The van der Waals surface area contributed by atoms with Crippen molar-refractivity contribution < 1.29 is 19.4 Å². The zero-order chi connectivity index (χ0) is 7.72. The second-order valence-corrected chi connectivity index (χ2v) is 2.36. The van der Waals surface area contributed by atoms with Crippen LogP contribution in [0.1, 0.15) is 6.92 Å². The molecule has 1 fully saturated rings. The van der Waals surface area contributed by atoms with Crippen molar-refractivity contribution in [3.63, 3.8) is 0 Å². The number of carbonyl (C=O) groups is 2. The van der Waals surface area contributed by atoms with E-state index in [0.29, 0.717) is 0 Å². The predicted molar refractivity (Wildman–Crippen MR) is 31.2 cm³/mol. The van der Waals surface area contributed by atoms with Gasteiger partial charge in [0.25, 0.3) is 0 Å². The van der Waals surface area contributed by atoms with Gasteiger partial charge < -0.3 is 9.84 Å². The SMILES string of the molecule is C[C@H]1C(=O)OC[C@H]1C(=O)O. The van der Waals surface area contributed by atoms with Crippen LogP contribution in [-0.2, 0) is 14.3 Å². The summed E-state index contributed by atoms with van der Waals surface area (Å²) in [6.45, 7) is 1.59. The fraction of sp³-hybridized carbons (Fsp3) is 0.667. The van der Waals surface area contributed by atoms with E-state index in [4.69, 9.17) is 5.11 Å². The van der Waals surface area contributed by atoms with Crippen LogP contribution in [0.3, 0.4) is 0 Å². The zero-order valence-corrected chi connectivity index (χ0v) is 5.53. The van der Waals surface area contributed by atoms with Gasteiger partial charge in [-0.3, -0.25) is 9.59 Å². The molecule has 0 unspecified atom stereocenters. The number of hydrogen-bond acceptors (Lipinski definition) is 3. The Morgan fingerprint density at radius 1 is 1.80 bits per heavy atom. The molecule has 0 aliphatic carbocycles. The number of esters is 1. The van der Waals surface area contributed by atoms with Crippen LogP contribution in [0, 0.1) is 11.8 Å². The summed E-state index contributed by atoms with van der Waals surface area (Å²) in [5.41, 5.74) is 0. The molecule has 1 heterocycles. The smallest absolute Gasteiger partial charge is 0.310 e. The summed E-state index contributed by atoms with van der Waals surface area (Å²) in [6, 6.07) is 0. The number of rotatable bonds is 1. The normalized spacial score (nSPS) is 31.9. The minimum absolute atomic E-state index is 0.0231. The minimum atomic E-state index is -0.960. The Hall–Kier alpha value is -1.06. The molecule has 1 N–H and O–H groups in total. The summed E-state index contributed by atoms with van der Waals surface area (Å²) in [6.07, 6.45) is 0. The van der Waals surface area contributed by atoms with Gasteiger partial charge in [0.1, 0.15) is 12.5 Å². The molecule has 0 radical (unpaired) electrons. The number of carbonyl (C=O) groups excluding carboxylic acids is 1. The summed E-state index contributed by atoms with van der Waals surface area (Å²) < 4.78 is 4.52. The standard InChI is InChI=1S/C6H8O4/c1-3-4(5(7)8)2-10-6(3)9/h3-4H,2H2,1H3,(H,7,8)/t3-,4-/m1/s1. The molecule has 1 aliphatic heterocycles. The average molecular weight is 144 g/mol. The summed E-state index contributed by atoms with van der Waals surface area (Å²) in [4.78, 5) is 20.9. The van der Waals surface area contributed by atoms with Crippen molar-refractivity contribution in [1.82, 2.24) is 0 Å². The van der Waals surface area contributed by atoms with Gasteiger partial charge >= 0.3 is 11.9 Å². The molecule has 0 spiro atoms. The van der Waals surface area contributed by atoms with E-state index in [1.807, 2.05) is 0 Å². The summed E-state index contributed by atoms with van der Waals surface area (Å²) in [7, 11) is 0. The van der Waals surface area contributed by atoms with Crippen LogP contribution in [0.5, 0.6) is 0 Å². The third kappa shape index (κ3) is 0.964. The largest absolute Gasteiger partial charge is 0.481 e. The number of carboxylic acid groups (broad SMARTS) is 1. The predicted octanol–water partition coefficient (Wildman–Crippen LogP) is -0.120.